The zero-order valence-corrected chi connectivity index (χ0v) is 16.8. The number of amides is 1. The Morgan fingerprint density at radius 3 is 2.71 bits per heavy atom. The van der Waals surface area contributed by atoms with E-state index in [0.717, 1.165) is 34.4 Å². The minimum Gasteiger partial charge on any atom is -0.334 e. The largest absolute Gasteiger partial charge is 0.334 e. The summed E-state index contributed by atoms with van der Waals surface area (Å²) in [6.45, 7) is 1.20. The van der Waals surface area contributed by atoms with Crippen LogP contribution in [0.2, 0.25) is 0 Å². The molecular weight excluding hydrogens is 388 g/mol. The lowest BCUT2D eigenvalue weighted by molar-refractivity contribution is 0.0735. The topological polar surface area (TPSA) is 79.0 Å². The average Bonchev–Trinajstić information content (AvgIpc) is 2.84. The van der Waals surface area contributed by atoms with E-state index in [1.807, 2.05) is 41.3 Å². The molecule has 1 aliphatic rings. The Bertz CT molecular complexity index is 1290. The van der Waals surface area contributed by atoms with Gasteiger partial charge in [0.25, 0.3) is 5.91 Å². The number of hydrogen-bond acceptors (Lipinski definition) is 4. The highest BCUT2D eigenvalue weighted by Gasteiger charge is 2.24. The number of benzene rings is 2. The van der Waals surface area contributed by atoms with Crippen LogP contribution in [0.15, 0.2) is 84.2 Å². The molecule has 1 amide bonds. The van der Waals surface area contributed by atoms with E-state index in [0.29, 0.717) is 18.7 Å². The zero-order valence-electron chi connectivity index (χ0n) is 16.8. The van der Waals surface area contributed by atoms with Gasteiger partial charge in [-0.15, -0.1) is 0 Å². The molecule has 1 aliphatic heterocycles. The summed E-state index contributed by atoms with van der Waals surface area (Å²) in [5, 5.41) is 0. The van der Waals surface area contributed by atoms with Gasteiger partial charge in [-0.1, -0.05) is 30.3 Å². The quantitative estimate of drug-likeness (QED) is 0.561. The van der Waals surface area contributed by atoms with Gasteiger partial charge in [0.05, 0.1) is 11.9 Å². The van der Waals surface area contributed by atoms with E-state index in [-0.39, 0.29) is 11.5 Å². The van der Waals surface area contributed by atoms with Crippen molar-refractivity contribution in [3.63, 3.8) is 0 Å². The molecule has 5 rings (SSSR count). The number of carbonyl (C=O) groups excluding carboxylic acids is 1. The number of aromatic nitrogens is 3. The second kappa shape index (κ2) is 7.99. The van der Waals surface area contributed by atoms with Gasteiger partial charge in [-0.25, -0.2) is 0 Å². The lowest BCUT2D eigenvalue weighted by atomic mass is 9.91. The van der Waals surface area contributed by atoms with Crippen molar-refractivity contribution in [1.29, 1.82) is 0 Å². The average molecular weight is 408 g/mol. The highest BCUT2D eigenvalue weighted by atomic mass is 16.2. The fourth-order valence-electron chi connectivity index (χ4n) is 4.07. The minimum absolute atomic E-state index is 0.00540. The van der Waals surface area contributed by atoms with Crippen molar-refractivity contribution in [2.75, 3.05) is 6.54 Å². The molecule has 0 fully saturated rings. The molecule has 3 heterocycles. The molecule has 152 valence electrons. The maximum absolute atomic E-state index is 13.2. The predicted octanol–water partition coefficient (Wildman–Crippen LogP) is 3.70. The molecule has 0 atom stereocenters. The molecule has 0 aliphatic carbocycles. The Morgan fingerprint density at radius 1 is 1.00 bits per heavy atom. The Balaban J connectivity index is 1.41. The summed E-state index contributed by atoms with van der Waals surface area (Å²) in [4.78, 5) is 37.7. The van der Waals surface area contributed by atoms with Gasteiger partial charge in [-0.3, -0.25) is 19.6 Å². The van der Waals surface area contributed by atoms with E-state index in [2.05, 4.69) is 27.1 Å². The molecule has 6 heteroatoms. The summed E-state index contributed by atoms with van der Waals surface area (Å²) in [5.41, 5.74) is 6.58. The summed E-state index contributed by atoms with van der Waals surface area (Å²) in [7, 11) is 0. The molecule has 4 aromatic rings. The third-order valence-electron chi connectivity index (χ3n) is 5.62. The maximum atomic E-state index is 13.2. The normalized spacial score (nSPS) is 13.0. The van der Waals surface area contributed by atoms with E-state index >= 15 is 0 Å². The van der Waals surface area contributed by atoms with E-state index in [1.165, 1.54) is 11.6 Å². The van der Waals surface area contributed by atoms with Crippen molar-refractivity contribution < 1.29 is 4.79 Å². The van der Waals surface area contributed by atoms with E-state index < -0.39 is 0 Å². The number of aromatic amines is 1. The highest BCUT2D eigenvalue weighted by molar-refractivity contribution is 5.95. The lowest BCUT2D eigenvalue weighted by Gasteiger charge is -2.30. The van der Waals surface area contributed by atoms with Crippen LogP contribution < -0.4 is 5.56 Å². The van der Waals surface area contributed by atoms with Crippen LogP contribution in [0.5, 0.6) is 0 Å². The molecule has 2 aromatic heterocycles. The number of nitrogens with zero attached hydrogens (tertiary/aromatic N) is 3. The van der Waals surface area contributed by atoms with Crippen molar-refractivity contribution in [2.24, 2.45) is 0 Å². The van der Waals surface area contributed by atoms with Crippen LogP contribution in [0.1, 0.15) is 21.5 Å². The van der Waals surface area contributed by atoms with E-state index in [1.54, 1.807) is 24.8 Å². The number of nitrogens with one attached hydrogen (secondary N) is 1. The monoisotopic (exact) mass is 408 g/mol. The van der Waals surface area contributed by atoms with Crippen LogP contribution in [-0.2, 0) is 13.0 Å². The van der Waals surface area contributed by atoms with E-state index in [9.17, 15) is 9.59 Å². The second-order valence-corrected chi connectivity index (χ2v) is 7.53. The molecule has 0 saturated carbocycles. The van der Waals surface area contributed by atoms with Crippen LogP contribution in [-0.4, -0.2) is 32.3 Å². The van der Waals surface area contributed by atoms with Crippen molar-refractivity contribution in [3.05, 3.63) is 106 Å². The molecule has 0 spiro atoms. The fraction of sp³-hybridized carbons (Fsp3) is 0.120. The first-order valence-electron chi connectivity index (χ1n) is 10.1. The molecule has 31 heavy (non-hydrogen) atoms. The SMILES string of the molecule is O=C(c1cccc(-c2cnccn2)c1)N1CCc2c(cccc2-c2ccc(=O)[nH]c2)C1. The zero-order chi connectivity index (χ0) is 21.2. The van der Waals surface area contributed by atoms with Crippen LogP contribution in [0.3, 0.4) is 0 Å². The number of hydrogen-bond donors (Lipinski definition) is 1. The Hall–Kier alpha value is -4.06. The van der Waals surface area contributed by atoms with Gasteiger partial charge in [0.1, 0.15) is 0 Å². The molecule has 2 aromatic carbocycles. The first-order chi connectivity index (χ1) is 15.2. The molecule has 6 nitrogen and oxygen atoms in total. The van der Waals surface area contributed by atoms with Gasteiger partial charge in [-0.2, -0.15) is 0 Å². The van der Waals surface area contributed by atoms with Crippen molar-refractivity contribution in [1.82, 2.24) is 19.9 Å². The number of rotatable bonds is 3. The lowest BCUT2D eigenvalue weighted by Crippen LogP contribution is -2.36. The Morgan fingerprint density at radius 2 is 1.90 bits per heavy atom. The van der Waals surface area contributed by atoms with Crippen molar-refractivity contribution >= 4 is 5.91 Å². The third-order valence-corrected chi connectivity index (χ3v) is 5.62. The molecular formula is C25H20N4O2. The first kappa shape index (κ1) is 18.9. The molecule has 0 radical (unpaired) electrons. The summed E-state index contributed by atoms with van der Waals surface area (Å²) in [5.74, 6) is 0.00540. The van der Waals surface area contributed by atoms with Crippen LogP contribution >= 0.6 is 0 Å². The molecule has 0 saturated heterocycles. The summed E-state index contributed by atoms with van der Waals surface area (Å²) < 4.78 is 0. The molecule has 0 bridgehead atoms. The number of pyridine rings is 1. The Kier molecular flexibility index (Phi) is 4.88. The maximum Gasteiger partial charge on any atom is 0.254 e. The van der Waals surface area contributed by atoms with Crippen LogP contribution in [0.25, 0.3) is 22.4 Å². The summed E-state index contributed by atoms with van der Waals surface area (Å²) in [6, 6.07) is 17.0. The van der Waals surface area contributed by atoms with Gasteiger partial charge in [0, 0.05) is 48.9 Å². The van der Waals surface area contributed by atoms with Crippen LogP contribution in [0, 0.1) is 0 Å². The molecule has 1 N–H and O–H groups in total. The summed E-state index contributed by atoms with van der Waals surface area (Å²) >= 11 is 0. The second-order valence-electron chi connectivity index (χ2n) is 7.53. The number of H-pyrrole nitrogens is 1. The third kappa shape index (κ3) is 3.75. The fourth-order valence-corrected chi connectivity index (χ4v) is 4.07. The first-order valence-corrected chi connectivity index (χ1v) is 10.1. The van der Waals surface area contributed by atoms with Crippen LogP contribution in [0.4, 0.5) is 0 Å². The van der Waals surface area contributed by atoms with Gasteiger partial charge < -0.3 is 9.88 Å². The minimum atomic E-state index is -0.117. The Labute approximate surface area is 179 Å². The van der Waals surface area contributed by atoms with Gasteiger partial charge >= 0.3 is 0 Å². The highest BCUT2D eigenvalue weighted by Crippen LogP contribution is 2.30. The number of carbonyl (C=O) groups is 1. The standard InChI is InChI=1S/C25H20N4O2/c30-24-8-7-19(14-28-24)21-6-2-5-20-16-29(12-9-22(20)21)25(31)18-4-1-3-17(13-18)23-15-26-10-11-27-23/h1-8,10-11,13-15H,9,12,16H2,(H,28,30). The van der Waals surface area contributed by atoms with Crippen molar-refractivity contribution in [2.45, 2.75) is 13.0 Å². The molecule has 0 unspecified atom stereocenters. The smallest absolute Gasteiger partial charge is 0.254 e. The summed E-state index contributed by atoms with van der Waals surface area (Å²) in [6.07, 6.45) is 7.48. The van der Waals surface area contributed by atoms with E-state index in [4.69, 9.17) is 0 Å². The van der Waals surface area contributed by atoms with Gasteiger partial charge in [0.2, 0.25) is 5.56 Å². The predicted molar refractivity (Wildman–Crippen MR) is 118 cm³/mol. The van der Waals surface area contributed by atoms with Crippen molar-refractivity contribution in [3.8, 4) is 22.4 Å². The van der Waals surface area contributed by atoms with Gasteiger partial charge in [-0.05, 0) is 46.9 Å². The van der Waals surface area contributed by atoms with Gasteiger partial charge in [0.15, 0.2) is 0 Å². The number of fused-ring (bicyclic) bond motifs is 1.